The van der Waals surface area contributed by atoms with Crippen molar-refractivity contribution in [3.05, 3.63) is 12.7 Å². The normalized spacial score (nSPS) is 23.0. The first-order valence-corrected chi connectivity index (χ1v) is 5.37. The molecule has 0 radical (unpaired) electrons. The fourth-order valence-corrected chi connectivity index (χ4v) is 2.96. The summed E-state index contributed by atoms with van der Waals surface area (Å²) in [6, 6.07) is 0. The third-order valence-electron chi connectivity index (χ3n) is 2.56. The monoisotopic (exact) mass is 171 g/mol. The van der Waals surface area contributed by atoms with Crippen LogP contribution in [-0.2, 0) is 0 Å². The van der Waals surface area contributed by atoms with Crippen LogP contribution in [0.25, 0.3) is 0 Å². The zero-order valence-corrected chi connectivity index (χ0v) is 7.83. The lowest BCUT2D eigenvalue weighted by atomic mass is 9.79. The molecule has 64 valence electrons. The third kappa shape index (κ3) is 2.24. The van der Waals surface area contributed by atoms with Gasteiger partial charge in [0.25, 0.3) is 0 Å². The van der Waals surface area contributed by atoms with E-state index < -0.39 is 0 Å². The average molecular weight is 171 g/mol. The largest absolute Gasteiger partial charge is 0.330 e. The van der Waals surface area contributed by atoms with Gasteiger partial charge < -0.3 is 5.73 Å². The van der Waals surface area contributed by atoms with Crippen molar-refractivity contribution in [2.75, 3.05) is 18.1 Å². The molecular weight excluding hydrogens is 154 g/mol. The SMILES string of the molecule is C=CCC1(CN)CCSCC1. The van der Waals surface area contributed by atoms with Crippen LogP contribution in [0.15, 0.2) is 12.7 Å². The molecule has 1 saturated heterocycles. The number of rotatable bonds is 3. The summed E-state index contributed by atoms with van der Waals surface area (Å²) in [5.41, 5.74) is 6.18. The van der Waals surface area contributed by atoms with Gasteiger partial charge in [-0.3, -0.25) is 0 Å². The lowest BCUT2D eigenvalue weighted by Gasteiger charge is -2.34. The minimum atomic E-state index is 0.410. The van der Waals surface area contributed by atoms with E-state index in [1.807, 2.05) is 17.8 Å². The maximum absolute atomic E-state index is 5.77. The highest BCUT2D eigenvalue weighted by Crippen LogP contribution is 2.37. The number of hydrogen-bond donors (Lipinski definition) is 1. The highest BCUT2D eigenvalue weighted by molar-refractivity contribution is 7.99. The second-order valence-electron chi connectivity index (χ2n) is 3.31. The van der Waals surface area contributed by atoms with Crippen molar-refractivity contribution in [1.82, 2.24) is 0 Å². The molecule has 1 aliphatic heterocycles. The smallest absolute Gasteiger partial charge is 0.00170 e. The van der Waals surface area contributed by atoms with E-state index in [9.17, 15) is 0 Å². The van der Waals surface area contributed by atoms with Crippen molar-refractivity contribution in [3.8, 4) is 0 Å². The Labute approximate surface area is 73.4 Å². The molecule has 0 aromatic carbocycles. The summed E-state index contributed by atoms with van der Waals surface area (Å²) in [6.07, 6.45) is 5.67. The van der Waals surface area contributed by atoms with Crippen LogP contribution in [0.5, 0.6) is 0 Å². The predicted molar refractivity (Wildman–Crippen MR) is 52.9 cm³/mol. The zero-order valence-electron chi connectivity index (χ0n) is 7.01. The minimum Gasteiger partial charge on any atom is -0.330 e. The molecule has 1 heterocycles. The first-order valence-electron chi connectivity index (χ1n) is 4.22. The summed E-state index contributed by atoms with van der Waals surface area (Å²) in [6.45, 7) is 4.62. The van der Waals surface area contributed by atoms with Gasteiger partial charge in [0.05, 0.1) is 0 Å². The molecule has 2 N–H and O–H groups in total. The Morgan fingerprint density at radius 2 is 2.09 bits per heavy atom. The number of thioether (sulfide) groups is 1. The Bertz CT molecular complexity index is 128. The van der Waals surface area contributed by atoms with E-state index in [0.29, 0.717) is 5.41 Å². The maximum atomic E-state index is 5.77. The number of nitrogens with two attached hydrogens (primary N) is 1. The van der Waals surface area contributed by atoms with Crippen LogP contribution in [0.2, 0.25) is 0 Å². The molecule has 0 spiro atoms. The molecule has 2 heteroatoms. The number of allylic oxidation sites excluding steroid dienone is 1. The van der Waals surface area contributed by atoms with Gasteiger partial charge in [0.1, 0.15) is 0 Å². The Morgan fingerprint density at radius 3 is 2.55 bits per heavy atom. The second-order valence-corrected chi connectivity index (χ2v) is 4.53. The molecule has 0 unspecified atom stereocenters. The molecule has 11 heavy (non-hydrogen) atoms. The van der Waals surface area contributed by atoms with Crippen LogP contribution < -0.4 is 5.73 Å². The molecule has 0 saturated carbocycles. The van der Waals surface area contributed by atoms with Crippen LogP contribution in [0.3, 0.4) is 0 Å². The van der Waals surface area contributed by atoms with Gasteiger partial charge in [-0.05, 0) is 42.7 Å². The second kappa shape index (κ2) is 4.17. The molecule has 0 amide bonds. The first kappa shape index (κ1) is 9.14. The van der Waals surface area contributed by atoms with Gasteiger partial charge in [0.2, 0.25) is 0 Å². The van der Waals surface area contributed by atoms with E-state index in [4.69, 9.17) is 5.73 Å². The van der Waals surface area contributed by atoms with Crippen LogP contribution in [0.4, 0.5) is 0 Å². The molecule has 1 aliphatic rings. The Hall–Kier alpha value is 0.0500. The van der Waals surface area contributed by atoms with Crippen molar-refractivity contribution >= 4 is 11.8 Å². The fraction of sp³-hybridized carbons (Fsp3) is 0.778. The Kier molecular flexibility index (Phi) is 3.46. The van der Waals surface area contributed by atoms with Crippen molar-refractivity contribution in [3.63, 3.8) is 0 Å². The fourth-order valence-electron chi connectivity index (χ4n) is 1.60. The predicted octanol–water partition coefficient (Wildman–Crippen LogP) is 2.03. The van der Waals surface area contributed by atoms with E-state index in [1.54, 1.807) is 0 Å². The standard InChI is InChI=1S/C9H17NS/c1-2-3-9(8-10)4-6-11-7-5-9/h2H,1,3-8,10H2. The van der Waals surface area contributed by atoms with Gasteiger partial charge in [-0.15, -0.1) is 6.58 Å². The topological polar surface area (TPSA) is 26.0 Å². The highest BCUT2D eigenvalue weighted by Gasteiger charge is 2.28. The molecular formula is C9H17NS. The van der Waals surface area contributed by atoms with E-state index in [1.165, 1.54) is 24.3 Å². The van der Waals surface area contributed by atoms with Crippen molar-refractivity contribution < 1.29 is 0 Å². The van der Waals surface area contributed by atoms with Gasteiger partial charge in [-0.2, -0.15) is 11.8 Å². The van der Waals surface area contributed by atoms with Gasteiger partial charge in [0, 0.05) is 0 Å². The molecule has 1 fully saturated rings. The summed E-state index contributed by atoms with van der Waals surface area (Å²) >= 11 is 2.05. The van der Waals surface area contributed by atoms with E-state index in [0.717, 1.165) is 13.0 Å². The highest BCUT2D eigenvalue weighted by atomic mass is 32.2. The molecule has 0 aromatic heterocycles. The molecule has 0 bridgehead atoms. The van der Waals surface area contributed by atoms with Gasteiger partial charge in [-0.1, -0.05) is 6.08 Å². The first-order chi connectivity index (χ1) is 5.33. The quantitative estimate of drug-likeness (QED) is 0.658. The van der Waals surface area contributed by atoms with Crippen molar-refractivity contribution in [1.29, 1.82) is 0 Å². The van der Waals surface area contributed by atoms with E-state index in [-0.39, 0.29) is 0 Å². The van der Waals surface area contributed by atoms with Gasteiger partial charge in [0.15, 0.2) is 0 Å². The van der Waals surface area contributed by atoms with Gasteiger partial charge >= 0.3 is 0 Å². The van der Waals surface area contributed by atoms with Crippen LogP contribution in [-0.4, -0.2) is 18.1 Å². The summed E-state index contributed by atoms with van der Waals surface area (Å²) in [7, 11) is 0. The van der Waals surface area contributed by atoms with Crippen molar-refractivity contribution in [2.24, 2.45) is 11.1 Å². The molecule has 1 nitrogen and oxygen atoms in total. The Balaban J connectivity index is 2.49. The van der Waals surface area contributed by atoms with E-state index in [2.05, 4.69) is 6.58 Å². The van der Waals surface area contributed by atoms with Crippen LogP contribution in [0.1, 0.15) is 19.3 Å². The molecule has 0 aliphatic carbocycles. The maximum Gasteiger partial charge on any atom is -0.00170 e. The van der Waals surface area contributed by atoms with E-state index >= 15 is 0 Å². The molecule has 0 atom stereocenters. The Morgan fingerprint density at radius 1 is 1.45 bits per heavy atom. The van der Waals surface area contributed by atoms with Crippen molar-refractivity contribution in [2.45, 2.75) is 19.3 Å². The van der Waals surface area contributed by atoms with Gasteiger partial charge in [-0.25, -0.2) is 0 Å². The lowest BCUT2D eigenvalue weighted by Crippen LogP contribution is -2.33. The van der Waals surface area contributed by atoms with Crippen LogP contribution >= 0.6 is 11.8 Å². The zero-order chi connectivity index (χ0) is 8.16. The summed E-state index contributed by atoms with van der Waals surface area (Å²) < 4.78 is 0. The lowest BCUT2D eigenvalue weighted by molar-refractivity contribution is 0.276. The summed E-state index contributed by atoms with van der Waals surface area (Å²) in [5.74, 6) is 2.57. The van der Waals surface area contributed by atoms with Crippen LogP contribution in [0, 0.1) is 5.41 Å². The average Bonchev–Trinajstić information content (AvgIpc) is 2.07. The summed E-state index contributed by atoms with van der Waals surface area (Å²) in [5, 5.41) is 0. The minimum absolute atomic E-state index is 0.410. The molecule has 1 rings (SSSR count). The third-order valence-corrected chi connectivity index (χ3v) is 3.55. The summed E-state index contributed by atoms with van der Waals surface area (Å²) in [4.78, 5) is 0. The number of hydrogen-bond acceptors (Lipinski definition) is 2. The molecule has 0 aromatic rings.